The summed E-state index contributed by atoms with van der Waals surface area (Å²) in [6.07, 6.45) is 0.225. The van der Waals surface area contributed by atoms with Crippen LogP contribution < -0.4 is 0 Å². The van der Waals surface area contributed by atoms with Gasteiger partial charge in [0, 0.05) is 13.1 Å². The number of likely N-dealkylation sites (tertiary alicyclic amines) is 1. The monoisotopic (exact) mass is 289 g/mol. The molecular formula is C16H19NO4. The Labute approximate surface area is 123 Å². The van der Waals surface area contributed by atoms with E-state index in [0.29, 0.717) is 13.2 Å². The molecule has 0 saturated carbocycles. The molecule has 2 heterocycles. The van der Waals surface area contributed by atoms with Gasteiger partial charge in [-0.1, -0.05) is 31.2 Å². The smallest absolute Gasteiger partial charge is 0.308 e. The molecule has 3 atom stereocenters. The lowest BCUT2D eigenvalue weighted by Gasteiger charge is -2.28. The molecular weight excluding hydrogens is 270 g/mol. The van der Waals surface area contributed by atoms with Crippen LogP contribution in [0.25, 0.3) is 0 Å². The number of benzene rings is 1. The summed E-state index contributed by atoms with van der Waals surface area (Å²) in [5.74, 6) is -1.45. The highest BCUT2D eigenvalue weighted by atomic mass is 16.5. The molecule has 21 heavy (non-hydrogen) atoms. The van der Waals surface area contributed by atoms with Crippen LogP contribution in [0.2, 0.25) is 0 Å². The summed E-state index contributed by atoms with van der Waals surface area (Å²) in [5, 5.41) is 9.18. The van der Waals surface area contributed by atoms with E-state index in [1.54, 1.807) is 4.90 Å². The Morgan fingerprint density at radius 1 is 1.29 bits per heavy atom. The fourth-order valence-electron chi connectivity index (χ4n) is 3.23. The van der Waals surface area contributed by atoms with Crippen molar-refractivity contribution in [3.05, 3.63) is 35.4 Å². The zero-order chi connectivity index (χ0) is 15.0. The van der Waals surface area contributed by atoms with Crippen molar-refractivity contribution in [2.45, 2.75) is 19.4 Å². The molecule has 1 amide bonds. The minimum atomic E-state index is -0.831. The van der Waals surface area contributed by atoms with E-state index in [4.69, 9.17) is 4.74 Å². The first kappa shape index (κ1) is 14.1. The van der Waals surface area contributed by atoms with E-state index in [-0.39, 0.29) is 18.4 Å². The van der Waals surface area contributed by atoms with Gasteiger partial charge in [0.05, 0.1) is 12.5 Å². The van der Waals surface area contributed by atoms with E-state index < -0.39 is 18.0 Å². The molecule has 0 spiro atoms. The van der Waals surface area contributed by atoms with Crippen molar-refractivity contribution in [3.63, 3.8) is 0 Å². The number of carboxylic acids is 1. The van der Waals surface area contributed by atoms with E-state index in [0.717, 1.165) is 17.5 Å². The Morgan fingerprint density at radius 3 is 2.76 bits per heavy atom. The topological polar surface area (TPSA) is 66.8 Å². The normalized spacial score (nSPS) is 28.2. The van der Waals surface area contributed by atoms with E-state index in [2.05, 4.69) is 0 Å². The minimum Gasteiger partial charge on any atom is -0.481 e. The molecule has 1 saturated heterocycles. The second-order valence-corrected chi connectivity index (χ2v) is 5.86. The van der Waals surface area contributed by atoms with Crippen LogP contribution in [0.1, 0.15) is 24.2 Å². The standard InChI is InChI=1S/C16H19NO4/c1-10-8-17(9-13(10)16(19)20)15(18)14-12-5-3-2-4-11(12)6-7-21-14/h2-5,10,13-14H,6-9H2,1H3,(H,19,20). The molecule has 1 fully saturated rings. The number of ether oxygens (including phenoxy) is 1. The third-order valence-electron chi connectivity index (χ3n) is 4.46. The van der Waals surface area contributed by atoms with Gasteiger partial charge in [-0.05, 0) is 23.5 Å². The first-order valence-corrected chi connectivity index (χ1v) is 7.29. The largest absolute Gasteiger partial charge is 0.481 e. The van der Waals surface area contributed by atoms with Crippen LogP contribution in [-0.4, -0.2) is 41.6 Å². The van der Waals surface area contributed by atoms with Gasteiger partial charge in [-0.15, -0.1) is 0 Å². The number of carboxylic acid groups (broad SMARTS) is 1. The van der Waals surface area contributed by atoms with Gasteiger partial charge in [0.1, 0.15) is 0 Å². The number of hydrogen-bond acceptors (Lipinski definition) is 3. The highest BCUT2D eigenvalue weighted by molar-refractivity contribution is 5.84. The second kappa shape index (κ2) is 5.48. The Kier molecular flexibility index (Phi) is 3.68. The number of fused-ring (bicyclic) bond motifs is 1. The van der Waals surface area contributed by atoms with Crippen LogP contribution in [0.5, 0.6) is 0 Å². The third kappa shape index (κ3) is 2.53. The number of amides is 1. The Bertz CT molecular complexity index is 571. The first-order chi connectivity index (χ1) is 10.1. The van der Waals surface area contributed by atoms with E-state index >= 15 is 0 Å². The van der Waals surface area contributed by atoms with Crippen molar-refractivity contribution < 1.29 is 19.4 Å². The molecule has 0 radical (unpaired) electrons. The van der Waals surface area contributed by atoms with Crippen molar-refractivity contribution in [1.29, 1.82) is 0 Å². The highest BCUT2D eigenvalue weighted by Gasteiger charge is 2.40. The van der Waals surface area contributed by atoms with Crippen LogP contribution in [0.3, 0.4) is 0 Å². The Hall–Kier alpha value is -1.88. The number of carbonyl (C=O) groups excluding carboxylic acids is 1. The van der Waals surface area contributed by atoms with Crippen molar-refractivity contribution in [3.8, 4) is 0 Å². The Morgan fingerprint density at radius 2 is 2.05 bits per heavy atom. The third-order valence-corrected chi connectivity index (χ3v) is 4.46. The zero-order valence-electron chi connectivity index (χ0n) is 12.0. The van der Waals surface area contributed by atoms with Crippen LogP contribution >= 0.6 is 0 Å². The van der Waals surface area contributed by atoms with Crippen LogP contribution in [0.4, 0.5) is 0 Å². The molecule has 2 aliphatic rings. The van der Waals surface area contributed by atoms with Crippen molar-refractivity contribution in [1.82, 2.24) is 4.90 Å². The first-order valence-electron chi connectivity index (χ1n) is 7.29. The zero-order valence-corrected chi connectivity index (χ0v) is 12.0. The van der Waals surface area contributed by atoms with Gasteiger partial charge in [0.25, 0.3) is 5.91 Å². The SMILES string of the molecule is CC1CN(C(=O)C2OCCc3ccccc32)CC1C(=O)O. The molecule has 1 N–H and O–H groups in total. The summed E-state index contributed by atoms with van der Waals surface area (Å²) in [6.45, 7) is 3.16. The molecule has 112 valence electrons. The average Bonchev–Trinajstić information content (AvgIpc) is 2.88. The van der Waals surface area contributed by atoms with Gasteiger partial charge in [0.15, 0.2) is 6.10 Å². The van der Waals surface area contributed by atoms with Gasteiger partial charge >= 0.3 is 5.97 Å². The van der Waals surface area contributed by atoms with Gasteiger partial charge < -0.3 is 14.7 Å². The fourth-order valence-corrected chi connectivity index (χ4v) is 3.23. The molecule has 3 unspecified atom stereocenters. The number of aliphatic carboxylic acids is 1. The van der Waals surface area contributed by atoms with Gasteiger partial charge in [-0.25, -0.2) is 0 Å². The molecule has 0 aliphatic carbocycles. The quantitative estimate of drug-likeness (QED) is 0.895. The van der Waals surface area contributed by atoms with Crippen molar-refractivity contribution in [2.75, 3.05) is 19.7 Å². The van der Waals surface area contributed by atoms with Gasteiger partial charge in [-0.2, -0.15) is 0 Å². The van der Waals surface area contributed by atoms with Gasteiger partial charge in [0.2, 0.25) is 0 Å². The molecule has 3 rings (SSSR count). The average molecular weight is 289 g/mol. The van der Waals surface area contributed by atoms with Crippen LogP contribution in [-0.2, 0) is 20.7 Å². The number of hydrogen-bond donors (Lipinski definition) is 1. The van der Waals surface area contributed by atoms with Crippen LogP contribution in [0.15, 0.2) is 24.3 Å². The number of nitrogens with zero attached hydrogens (tertiary/aromatic N) is 1. The summed E-state index contributed by atoms with van der Waals surface area (Å²) in [7, 11) is 0. The summed E-state index contributed by atoms with van der Waals surface area (Å²) in [4.78, 5) is 25.5. The van der Waals surface area contributed by atoms with E-state index in [1.807, 2.05) is 31.2 Å². The van der Waals surface area contributed by atoms with Crippen molar-refractivity contribution in [2.24, 2.45) is 11.8 Å². The summed E-state index contributed by atoms with van der Waals surface area (Å²) in [5.41, 5.74) is 2.06. The lowest BCUT2D eigenvalue weighted by atomic mass is 9.97. The van der Waals surface area contributed by atoms with Crippen molar-refractivity contribution >= 4 is 11.9 Å². The lowest BCUT2D eigenvalue weighted by Crippen LogP contribution is -2.37. The molecule has 0 bridgehead atoms. The van der Waals surface area contributed by atoms with Gasteiger partial charge in [-0.3, -0.25) is 9.59 Å². The summed E-state index contributed by atoms with van der Waals surface area (Å²) < 4.78 is 5.67. The summed E-state index contributed by atoms with van der Waals surface area (Å²) >= 11 is 0. The summed E-state index contributed by atoms with van der Waals surface area (Å²) in [6, 6.07) is 7.81. The Balaban J connectivity index is 1.80. The predicted octanol–water partition coefficient (Wildman–Crippen LogP) is 1.48. The predicted molar refractivity (Wildman–Crippen MR) is 75.7 cm³/mol. The number of rotatable bonds is 2. The molecule has 1 aromatic rings. The molecule has 2 aliphatic heterocycles. The maximum Gasteiger partial charge on any atom is 0.308 e. The van der Waals surface area contributed by atoms with E-state index in [9.17, 15) is 14.7 Å². The fraction of sp³-hybridized carbons (Fsp3) is 0.500. The number of carbonyl (C=O) groups is 2. The maximum atomic E-state index is 12.7. The minimum absolute atomic E-state index is 0.0229. The maximum absolute atomic E-state index is 12.7. The van der Waals surface area contributed by atoms with E-state index in [1.165, 1.54) is 0 Å². The highest BCUT2D eigenvalue weighted by Crippen LogP contribution is 2.31. The molecule has 0 aromatic heterocycles. The lowest BCUT2D eigenvalue weighted by molar-refractivity contribution is -0.145. The second-order valence-electron chi connectivity index (χ2n) is 5.86. The van der Waals surface area contributed by atoms with Crippen LogP contribution in [0, 0.1) is 11.8 Å². The molecule has 1 aromatic carbocycles. The molecule has 5 nitrogen and oxygen atoms in total. The molecule has 5 heteroatoms.